The van der Waals surface area contributed by atoms with Gasteiger partial charge in [-0.2, -0.15) is 0 Å². The van der Waals surface area contributed by atoms with Crippen LogP contribution < -0.4 is 10.1 Å². The summed E-state index contributed by atoms with van der Waals surface area (Å²) in [5.41, 5.74) is 2.65. The first-order valence-electron chi connectivity index (χ1n) is 9.23. The molecule has 5 heteroatoms. The SMILES string of the molecule is Cc1cc2c(OCC(CNC(C)C)OC(=O)c3ccccc3)cccc2[nH]1. The van der Waals surface area contributed by atoms with Gasteiger partial charge in [-0.1, -0.05) is 38.1 Å². The molecule has 1 unspecified atom stereocenters. The average Bonchev–Trinajstić information content (AvgIpc) is 3.05. The van der Waals surface area contributed by atoms with E-state index in [1.807, 2.05) is 43.3 Å². The number of H-pyrrole nitrogens is 1. The van der Waals surface area contributed by atoms with Gasteiger partial charge in [-0.3, -0.25) is 0 Å². The van der Waals surface area contributed by atoms with E-state index in [-0.39, 0.29) is 12.6 Å². The minimum atomic E-state index is -0.393. The highest BCUT2D eigenvalue weighted by atomic mass is 16.6. The van der Waals surface area contributed by atoms with Crippen LogP contribution in [0.25, 0.3) is 10.9 Å². The highest BCUT2D eigenvalue weighted by Gasteiger charge is 2.18. The van der Waals surface area contributed by atoms with Crippen molar-refractivity contribution in [2.75, 3.05) is 13.2 Å². The van der Waals surface area contributed by atoms with Gasteiger partial charge in [-0.25, -0.2) is 4.79 Å². The molecule has 0 spiro atoms. The van der Waals surface area contributed by atoms with Crippen molar-refractivity contribution in [2.24, 2.45) is 0 Å². The number of carbonyl (C=O) groups excluding carboxylic acids is 1. The maximum atomic E-state index is 12.4. The van der Waals surface area contributed by atoms with Gasteiger partial charge >= 0.3 is 5.97 Å². The third-order valence-electron chi connectivity index (χ3n) is 4.22. The molecule has 0 saturated carbocycles. The van der Waals surface area contributed by atoms with Gasteiger partial charge in [0.1, 0.15) is 18.5 Å². The predicted octanol–water partition coefficient (Wildman–Crippen LogP) is 4.08. The molecule has 0 bridgehead atoms. The van der Waals surface area contributed by atoms with Crippen LogP contribution in [-0.2, 0) is 4.74 Å². The van der Waals surface area contributed by atoms with Crippen LogP contribution in [0, 0.1) is 6.92 Å². The molecule has 0 aliphatic carbocycles. The van der Waals surface area contributed by atoms with E-state index >= 15 is 0 Å². The number of ether oxygens (including phenoxy) is 2. The Kier molecular flexibility index (Phi) is 6.14. The van der Waals surface area contributed by atoms with Gasteiger partial charge in [-0.05, 0) is 37.3 Å². The fraction of sp³-hybridized carbons (Fsp3) is 0.318. The zero-order chi connectivity index (χ0) is 19.2. The number of hydrogen-bond acceptors (Lipinski definition) is 4. The summed E-state index contributed by atoms with van der Waals surface area (Å²) in [4.78, 5) is 15.7. The molecule has 3 rings (SSSR count). The lowest BCUT2D eigenvalue weighted by Gasteiger charge is -2.20. The smallest absolute Gasteiger partial charge is 0.338 e. The highest BCUT2D eigenvalue weighted by molar-refractivity contribution is 5.89. The molecule has 142 valence electrons. The van der Waals surface area contributed by atoms with Gasteiger partial charge in [0, 0.05) is 29.2 Å². The van der Waals surface area contributed by atoms with Crippen molar-refractivity contribution in [1.82, 2.24) is 10.3 Å². The lowest BCUT2D eigenvalue weighted by Crippen LogP contribution is -2.38. The van der Waals surface area contributed by atoms with Crippen molar-refractivity contribution in [3.63, 3.8) is 0 Å². The number of aryl methyl sites for hydroxylation is 1. The Hall–Kier alpha value is -2.79. The van der Waals surface area contributed by atoms with Crippen LogP contribution in [0.4, 0.5) is 0 Å². The fourth-order valence-corrected chi connectivity index (χ4v) is 2.87. The van der Waals surface area contributed by atoms with E-state index in [9.17, 15) is 4.79 Å². The Bertz CT molecular complexity index is 887. The number of hydrogen-bond donors (Lipinski definition) is 2. The first kappa shape index (κ1) is 19.0. The molecule has 2 aromatic carbocycles. The topological polar surface area (TPSA) is 63.4 Å². The van der Waals surface area contributed by atoms with Crippen molar-refractivity contribution >= 4 is 16.9 Å². The van der Waals surface area contributed by atoms with Gasteiger partial charge < -0.3 is 19.8 Å². The maximum Gasteiger partial charge on any atom is 0.338 e. The van der Waals surface area contributed by atoms with E-state index in [1.165, 1.54) is 0 Å². The molecule has 1 aromatic heterocycles. The molecule has 0 saturated heterocycles. The van der Waals surface area contributed by atoms with Crippen LogP contribution in [0.15, 0.2) is 54.6 Å². The van der Waals surface area contributed by atoms with E-state index in [0.717, 1.165) is 22.3 Å². The molecular formula is C22H26N2O3. The lowest BCUT2D eigenvalue weighted by atomic mass is 10.2. The van der Waals surface area contributed by atoms with Crippen LogP contribution in [0.1, 0.15) is 29.9 Å². The van der Waals surface area contributed by atoms with Gasteiger partial charge in [0.05, 0.1) is 5.56 Å². The van der Waals surface area contributed by atoms with E-state index in [4.69, 9.17) is 9.47 Å². The quantitative estimate of drug-likeness (QED) is 0.590. The van der Waals surface area contributed by atoms with E-state index in [1.54, 1.807) is 12.1 Å². The van der Waals surface area contributed by atoms with E-state index < -0.39 is 6.10 Å². The molecule has 0 aliphatic rings. The van der Waals surface area contributed by atoms with Crippen molar-refractivity contribution in [3.8, 4) is 5.75 Å². The van der Waals surface area contributed by atoms with E-state index in [0.29, 0.717) is 18.2 Å². The number of nitrogens with one attached hydrogen (secondary N) is 2. The van der Waals surface area contributed by atoms with Crippen molar-refractivity contribution in [1.29, 1.82) is 0 Å². The number of carbonyl (C=O) groups is 1. The molecule has 1 heterocycles. The lowest BCUT2D eigenvalue weighted by molar-refractivity contribution is 0.0174. The number of aromatic nitrogens is 1. The summed E-state index contributed by atoms with van der Waals surface area (Å²) in [5.74, 6) is 0.438. The molecule has 2 N–H and O–H groups in total. The van der Waals surface area contributed by atoms with Crippen LogP contribution in [0.5, 0.6) is 5.75 Å². The first-order valence-corrected chi connectivity index (χ1v) is 9.23. The molecular weight excluding hydrogens is 340 g/mol. The molecule has 1 atom stereocenters. The summed E-state index contributed by atoms with van der Waals surface area (Å²) in [6, 6.07) is 17.3. The number of fused-ring (bicyclic) bond motifs is 1. The summed E-state index contributed by atoms with van der Waals surface area (Å²) in [5, 5.41) is 4.34. The normalized spacial score (nSPS) is 12.3. The minimum absolute atomic E-state index is 0.279. The predicted molar refractivity (Wildman–Crippen MR) is 107 cm³/mol. The number of benzene rings is 2. The van der Waals surface area contributed by atoms with Crippen LogP contribution in [-0.4, -0.2) is 36.3 Å². The second-order valence-corrected chi connectivity index (χ2v) is 6.94. The summed E-state index contributed by atoms with van der Waals surface area (Å²) in [6.45, 7) is 6.93. The standard InChI is InChI=1S/C22H26N2O3/c1-15(2)23-13-18(27-22(25)17-8-5-4-6-9-17)14-26-21-11-7-10-20-19(21)12-16(3)24-20/h4-12,15,18,23-24H,13-14H2,1-3H3. The Morgan fingerprint density at radius 1 is 1.11 bits per heavy atom. The van der Waals surface area contributed by atoms with Gasteiger partial charge in [0.2, 0.25) is 0 Å². The zero-order valence-electron chi connectivity index (χ0n) is 16.0. The van der Waals surface area contributed by atoms with Gasteiger partial charge in [0.25, 0.3) is 0 Å². The van der Waals surface area contributed by atoms with Gasteiger partial charge in [0.15, 0.2) is 0 Å². The molecule has 27 heavy (non-hydrogen) atoms. The second-order valence-electron chi connectivity index (χ2n) is 6.94. The zero-order valence-corrected chi connectivity index (χ0v) is 16.0. The summed E-state index contributed by atoms with van der Waals surface area (Å²) in [7, 11) is 0. The molecule has 5 nitrogen and oxygen atoms in total. The van der Waals surface area contributed by atoms with Crippen LogP contribution in [0.3, 0.4) is 0 Å². The highest BCUT2D eigenvalue weighted by Crippen LogP contribution is 2.26. The molecule has 3 aromatic rings. The number of aromatic amines is 1. The van der Waals surface area contributed by atoms with Crippen molar-refractivity contribution < 1.29 is 14.3 Å². The third-order valence-corrected chi connectivity index (χ3v) is 4.22. The number of esters is 1. The summed E-state index contributed by atoms with van der Waals surface area (Å²) < 4.78 is 11.7. The minimum Gasteiger partial charge on any atom is -0.489 e. The van der Waals surface area contributed by atoms with Gasteiger partial charge in [-0.15, -0.1) is 0 Å². The Morgan fingerprint density at radius 2 is 1.89 bits per heavy atom. The van der Waals surface area contributed by atoms with Crippen LogP contribution >= 0.6 is 0 Å². The first-order chi connectivity index (χ1) is 13.0. The van der Waals surface area contributed by atoms with E-state index in [2.05, 4.69) is 30.2 Å². The third kappa shape index (κ3) is 5.11. The molecule has 0 amide bonds. The average molecular weight is 366 g/mol. The summed E-state index contributed by atoms with van der Waals surface area (Å²) >= 11 is 0. The molecule has 0 radical (unpaired) electrons. The van der Waals surface area contributed by atoms with Crippen molar-refractivity contribution in [2.45, 2.75) is 32.9 Å². The fourth-order valence-electron chi connectivity index (χ4n) is 2.87. The molecule has 0 aliphatic heterocycles. The Labute approximate surface area is 159 Å². The largest absolute Gasteiger partial charge is 0.489 e. The Morgan fingerprint density at radius 3 is 2.63 bits per heavy atom. The van der Waals surface area contributed by atoms with Crippen molar-refractivity contribution in [3.05, 3.63) is 65.9 Å². The second kappa shape index (κ2) is 8.73. The maximum absolute atomic E-state index is 12.4. The number of rotatable bonds is 8. The molecule has 0 fully saturated rings. The monoisotopic (exact) mass is 366 g/mol. The summed E-state index contributed by atoms with van der Waals surface area (Å²) in [6.07, 6.45) is -0.393. The van der Waals surface area contributed by atoms with Crippen LogP contribution in [0.2, 0.25) is 0 Å². The Balaban J connectivity index is 1.70.